The SMILES string of the molecule is CC(C)(C)OC(=O)N1CCNC(C(=O)N(CCCn2ccnc2)Cc2ccccc2)C1. The van der Waals surface area contributed by atoms with Gasteiger partial charge in [0.2, 0.25) is 5.91 Å². The molecule has 0 spiro atoms. The number of carbonyl (C=O) groups excluding carboxylic acids is 2. The number of rotatable bonds is 7. The molecule has 1 aromatic heterocycles. The molecule has 0 radical (unpaired) electrons. The van der Waals surface area contributed by atoms with Gasteiger partial charge in [-0.3, -0.25) is 4.79 Å². The summed E-state index contributed by atoms with van der Waals surface area (Å²) >= 11 is 0. The summed E-state index contributed by atoms with van der Waals surface area (Å²) < 4.78 is 7.50. The van der Waals surface area contributed by atoms with Crippen molar-refractivity contribution in [2.45, 2.75) is 51.9 Å². The predicted octanol–water partition coefficient (Wildman–Crippen LogP) is 2.51. The van der Waals surface area contributed by atoms with Crippen LogP contribution in [0.25, 0.3) is 0 Å². The van der Waals surface area contributed by atoms with Crippen LogP contribution in [0.2, 0.25) is 0 Å². The number of nitrogens with one attached hydrogen (secondary N) is 1. The smallest absolute Gasteiger partial charge is 0.410 e. The van der Waals surface area contributed by atoms with E-state index >= 15 is 0 Å². The Bertz CT molecular complexity index is 833. The van der Waals surface area contributed by atoms with E-state index < -0.39 is 11.6 Å². The highest BCUT2D eigenvalue weighted by molar-refractivity contribution is 5.83. The number of nitrogens with zero attached hydrogens (tertiary/aromatic N) is 4. The third-order valence-corrected chi connectivity index (χ3v) is 5.06. The lowest BCUT2D eigenvalue weighted by Gasteiger charge is -2.36. The van der Waals surface area contributed by atoms with Crippen molar-refractivity contribution in [3.8, 4) is 0 Å². The summed E-state index contributed by atoms with van der Waals surface area (Å²) in [6.07, 6.45) is 5.90. The van der Waals surface area contributed by atoms with Crippen molar-refractivity contribution in [3.05, 3.63) is 54.6 Å². The van der Waals surface area contributed by atoms with E-state index in [9.17, 15) is 9.59 Å². The van der Waals surface area contributed by atoms with Gasteiger partial charge in [-0.15, -0.1) is 0 Å². The quantitative estimate of drug-likeness (QED) is 0.735. The standard InChI is InChI=1S/C23H33N5O3/c1-23(2,3)31-22(30)28-15-11-25-20(17-28)21(29)27(16-19-8-5-4-6-9-19)13-7-12-26-14-10-24-18-26/h4-6,8-10,14,18,20,25H,7,11-13,15-17H2,1-3H3. The van der Waals surface area contributed by atoms with Gasteiger partial charge in [0, 0.05) is 51.7 Å². The molecule has 8 heteroatoms. The number of ether oxygens (including phenoxy) is 1. The van der Waals surface area contributed by atoms with Crippen LogP contribution in [0.3, 0.4) is 0 Å². The monoisotopic (exact) mass is 427 g/mol. The Balaban J connectivity index is 1.64. The second kappa shape index (κ2) is 10.4. The molecule has 168 valence electrons. The fourth-order valence-electron chi connectivity index (χ4n) is 3.56. The van der Waals surface area contributed by atoms with E-state index in [1.165, 1.54) is 0 Å². The minimum Gasteiger partial charge on any atom is -0.444 e. The third-order valence-electron chi connectivity index (χ3n) is 5.06. The average molecular weight is 428 g/mol. The molecule has 0 saturated carbocycles. The molecule has 1 aliphatic rings. The Hall–Kier alpha value is -2.87. The van der Waals surface area contributed by atoms with Gasteiger partial charge in [0.1, 0.15) is 11.6 Å². The number of aryl methyl sites for hydroxylation is 1. The first-order valence-corrected chi connectivity index (χ1v) is 10.8. The summed E-state index contributed by atoms with van der Waals surface area (Å²) in [7, 11) is 0. The van der Waals surface area contributed by atoms with Crippen LogP contribution in [-0.2, 0) is 22.6 Å². The van der Waals surface area contributed by atoms with Gasteiger partial charge < -0.3 is 24.4 Å². The Morgan fingerprint density at radius 2 is 2.03 bits per heavy atom. The Kier molecular flexibility index (Phi) is 7.68. The van der Waals surface area contributed by atoms with Gasteiger partial charge in [0.15, 0.2) is 0 Å². The van der Waals surface area contributed by atoms with Gasteiger partial charge in [0.05, 0.1) is 6.33 Å². The average Bonchev–Trinajstić information content (AvgIpc) is 3.26. The third kappa shape index (κ3) is 7.10. The molecule has 2 heterocycles. The summed E-state index contributed by atoms with van der Waals surface area (Å²) in [5.41, 5.74) is 0.520. The minimum atomic E-state index is -0.561. The maximum absolute atomic E-state index is 13.4. The Morgan fingerprint density at radius 1 is 1.26 bits per heavy atom. The molecule has 1 atom stereocenters. The van der Waals surface area contributed by atoms with Crippen LogP contribution in [0, 0.1) is 0 Å². The summed E-state index contributed by atoms with van der Waals surface area (Å²) in [5, 5.41) is 3.28. The number of hydrogen-bond donors (Lipinski definition) is 1. The number of piperazine rings is 1. The highest BCUT2D eigenvalue weighted by atomic mass is 16.6. The van der Waals surface area contributed by atoms with Crippen molar-refractivity contribution in [1.29, 1.82) is 0 Å². The van der Waals surface area contributed by atoms with Crippen molar-refractivity contribution < 1.29 is 14.3 Å². The zero-order chi connectivity index (χ0) is 22.3. The zero-order valence-electron chi connectivity index (χ0n) is 18.7. The molecular weight excluding hydrogens is 394 g/mol. The molecule has 0 bridgehead atoms. The summed E-state index contributed by atoms with van der Waals surface area (Å²) in [4.78, 5) is 33.5. The molecule has 8 nitrogen and oxygen atoms in total. The number of aromatic nitrogens is 2. The molecule has 1 aliphatic heterocycles. The Labute approximate surface area is 184 Å². The van der Waals surface area contributed by atoms with Crippen LogP contribution in [-0.4, -0.2) is 69.2 Å². The zero-order valence-corrected chi connectivity index (χ0v) is 18.7. The summed E-state index contributed by atoms with van der Waals surface area (Å²) in [6.45, 7) is 8.88. The van der Waals surface area contributed by atoms with Crippen LogP contribution >= 0.6 is 0 Å². The lowest BCUT2D eigenvalue weighted by molar-refractivity contribution is -0.135. The van der Waals surface area contributed by atoms with Gasteiger partial charge in [-0.1, -0.05) is 30.3 Å². The van der Waals surface area contributed by atoms with Gasteiger partial charge in [-0.25, -0.2) is 9.78 Å². The normalized spacial score (nSPS) is 16.7. The van der Waals surface area contributed by atoms with Gasteiger partial charge in [0.25, 0.3) is 0 Å². The number of carbonyl (C=O) groups is 2. The molecule has 3 rings (SSSR count). The van der Waals surface area contributed by atoms with E-state index in [0.717, 1.165) is 18.5 Å². The lowest BCUT2D eigenvalue weighted by Crippen LogP contribution is -2.59. The Morgan fingerprint density at radius 3 is 2.71 bits per heavy atom. The van der Waals surface area contributed by atoms with Crippen molar-refractivity contribution in [1.82, 2.24) is 24.7 Å². The van der Waals surface area contributed by atoms with Crippen LogP contribution in [0.4, 0.5) is 4.79 Å². The second-order valence-corrected chi connectivity index (χ2v) is 8.83. The molecule has 2 aromatic rings. The van der Waals surface area contributed by atoms with Crippen molar-refractivity contribution in [2.24, 2.45) is 0 Å². The number of hydrogen-bond acceptors (Lipinski definition) is 5. The molecule has 0 aliphatic carbocycles. The maximum atomic E-state index is 13.4. The van der Waals surface area contributed by atoms with Gasteiger partial charge >= 0.3 is 6.09 Å². The maximum Gasteiger partial charge on any atom is 0.410 e. The molecule has 1 aromatic carbocycles. The van der Waals surface area contributed by atoms with E-state index in [4.69, 9.17) is 4.74 Å². The highest BCUT2D eigenvalue weighted by Gasteiger charge is 2.32. The van der Waals surface area contributed by atoms with Crippen molar-refractivity contribution >= 4 is 12.0 Å². The van der Waals surface area contributed by atoms with Gasteiger partial charge in [-0.05, 0) is 32.8 Å². The van der Waals surface area contributed by atoms with Crippen molar-refractivity contribution in [2.75, 3.05) is 26.2 Å². The number of imidazole rings is 1. The molecule has 1 saturated heterocycles. The lowest BCUT2D eigenvalue weighted by atomic mass is 10.1. The fourth-order valence-corrected chi connectivity index (χ4v) is 3.56. The first-order chi connectivity index (χ1) is 14.8. The number of benzene rings is 1. The predicted molar refractivity (Wildman–Crippen MR) is 118 cm³/mol. The van der Waals surface area contributed by atoms with Crippen molar-refractivity contribution in [3.63, 3.8) is 0 Å². The van der Waals surface area contributed by atoms with E-state index in [0.29, 0.717) is 32.7 Å². The molecule has 1 fully saturated rings. The van der Waals surface area contributed by atoms with Crippen LogP contribution in [0.5, 0.6) is 0 Å². The second-order valence-electron chi connectivity index (χ2n) is 8.83. The van der Waals surface area contributed by atoms with E-state index in [2.05, 4.69) is 10.3 Å². The summed E-state index contributed by atoms with van der Waals surface area (Å²) in [5.74, 6) is 0.00254. The molecule has 1 N–H and O–H groups in total. The van der Waals surface area contributed by atoms with Crippen LogP contribution in [0.1, 0.15) is 32.8 Å². The first-order valence-electron chi connectivity index (χ1n) is 10.8. The van der Waals surface area contributed by atoms with E-state index in [-0.39, 0.29) is 12.0 Å². The molecule has 1 unspecified atom stereocenters. The minimum absolute atomic E-state index is 0.00254. The summed E-state index contributed by atoms with van der Waals surface area (Å²) in [6, 6.07) is 9.53. The van der Waals surface area contributed by atoms with Gasteiger partial charge in [-0.2, -0.15) is 0 Å². The topological polar surface area (TPSA) is 79.7 Å². The molecule has 2 amide bonds. The largest absolute Gasteiger partial charge is 0.444 e. The fraction of sp³-hybridized carbons (Fsp3) is 0.522. The van der Waals surface area contributed by atoms with E-state index in [1.807, 2.05) is 66.8 Å². The number of amides is 2. The molecular formula is C23H33N5O3. The van der Waals surface area contributed by atoms with Crippen LogP contribution in [0.15, 0.2) is 49.1 Å². The van der Waals surface area contributed by atoms with Crippen LogP contribution < -0.4 is 5.32 Å². The first kappa shape index (κ1) is 22.8. The van der Waals surface area contributed by atoms with E-state index in [1.54, 1.807) is 17.4 Å². The highest BCUT2D eigenvalue weighted by Crippen LogP contribution is 2.14. The molecule has 31 heavy (non-hydrogen) atoms.